The first-order valence-corrected chi connectivity index (χ1v) is 10.2. The zero-order valence-corrected chi connectivity index (χ0v) is 17.6. The van der Waals surface area contributed by atoms with Gasteiger partial charge in [-0.15, -0.1) is 0 Å². The molecule has 0 spiro atoms. The topological polar surface area (TPSA) is 91.3 Å². The molecule has 0 aromatic heterocycles. The molecule has 5 rings (SSSR count). The molecule has 0 bridgehead atoms. The first-order valence-electron chi connectivity index (χ1n) is 9.80. The Morgan fingerprint density at radius 3 is 2.62 bits per heavy atom. The van der Waals surface area contributed by atoms with Gasteiger partial charge >= 0.3 is 5.97 Å². The average Bonchev–Trinajstić information content (AvgIpc) is 3.27. The molecule has 7 nitrogen and oxygen atoms in total. The largest absolute Gasteiger partial charge is 0.507 e. The minimum atomic E-state index is -0.576. The lowest BCUT2D eigenvalue weighted by atomic mass is 9.83. The van der Waals surface area contributed by atoms with Crippen LogP contribution in [0.25, 0.3) is 0 Å². The molecule has 2 aliphatic rings. The van der Waals surface area contributed by atoms with Gasteiger partial charge in [-0.1, -0.05) is 11.6 Å². The summed E-state index contributed by atoms with van der Waals surface area (Å²) < 4.78 is 21.7. The Hall–Kier alpha value is -3.71. The summed E-state index contributed by atoms with van der Waals surface area (Å²) in [6.45, 7) is 0.0590. The number of carbonyl (C=O) groups excluding carboxylic acids is 2. The normalized spacial score (nSPS) is 16.3. The summed E-state index contributed by atoms with van der Waals surface area (Å²) in [6, 6.07) is 12.8. The smallest absolute Gasteiger partial charge is 0.312 e. The van der Waals surface area contributed by atoms with Gasteiger partial charge in [0, 0.05) is 22.1 Å². The molecule has 1 atom stereocenters. The minimum absolute atomic E-state index is 0.0258. The minimum Gasteiger partial charge on any atom is -0.507 e. The fraction of sp³-hybridized carbons (Fsp3) is 0.167. The lowest BCUT2D eigenvalue weighted by Crippen LogP contribution is -2.22. The standard InChI is InChI=1S/C24H17ClO7/c1-29-18-8-13(9-19-24(18)31-11-30-19)16-10-20(26)32-17-7-6-15(23(28)21(16)17)22(27)12-2-4-14(25)5-3-12/h2-9,16,28H,10-11H2,1H3. The number of ketones is 1. The molecule has 1 N–H and O–H groups in total. The molecule has 0 saturated carbocycles. The molecule has 32 heavy (non-hydrogen) atoms. The van der Waals surface area contributed by atoms with Crippen LogP contribution in [0.2, 0.25) is 5.02 Å². The average molecular weight is 453 g/mol. The summed E-state index contributed by atoms with van der Waals surface area (Å²) >= 11 is 5.92. The quantitative estimate of drug-likeness (QED) is 0.355. The van der Waals surface area contributed by atoms with Crippen molar-refractivity contribution < 1.29 is 33.6 Å². The van der Waals surface area contributed by atoms with E-state index in [1.165, 1.54) is 19.2 Å². The van der Waals surface area contributed by atoms with Crippen molar-refractivity contribution >= 4 is 23.4 Å². The predicted molar refractivity (Wildman–Crippen MR) is 114 cm³/mol. The van der Waals surface area contributed by atoms with E-state index in [0.29, 0.717) is 39.0 Å². The number of ether oxygens (including phenoxy) is 4. The second-order valence-electron chi connectivity index (χ2n) is 7.40. The van der Waals surface area contributed by atoms with Gasteiger partial charge in [0.05, 0.1) is 19.1 Å². The number of esters is 1. The molecule has 1 unspecified atom stereocenters. The van der Waals surface area contributed by atoms with Crippen molar-refractivity contribution in [3.63, 3.8) is 0 Å². The Labute approximate surface area is 188 Å². The van der Waals surface area contributed by atoms with E-state index in [2.05, 4.69) is 0 Å². The van der Waals surface area contributed by atoms with Crippen LogP contribution in [0.3, 0.4) is 0 Å². The van der Waals surface area contributed by atoms with Crippen LogP contribution in [0.4, 0.5) is 0 Å². The van der Waals surface area contributed by atoms with Crippen molar-refractivity contribution in [2.24, 2.45) is 0 Å². The van der Waals surface area contributed by atoms with E-state index >= 15 is 0 Å². The van der Waals surface area contributed by atoms with E-state index in [0.717, 1.165) is 0 Å². The van der Waals surface area contributed by atoms with E-state index in [-0.39, 0.29) is 36.1 Å². The van der Waals surface area contributed by atoms with Crippen molar-refractivity contribution in [1.82, 2.24) is 0 Å². The third kappa shape index (κ3) is 3.31. The van der Waals surface area contributed by atoms with Gasteiger partial charge in [-0.25, -0.2) is 0 Å². The molecule has 0 amide bonds. The summed E-state index contributed by atoms with van der Waals surface area (Å²) in [7, 11) is 1.50. The fourth-order valence-electron chi connectivity index (χ4n) is 4.02. The van der Waals surface area contributed by atoms with Crippen LogP contribution in [-0.2, 0) is 4.79 Å². The Kier molecular flexibility index (Phi) is 4.90. The Morgan fingerprint density at radius 1 is 1.09 bits per heavy atom. The van der Waals surface area contributed by atoms with Crippen LogP contribution in [-0.4, -0.2) is 30.8 Å². The Morgan fingerprint density at radius 2 is 1.88 bits per heavy atom. The van der Waals surface area contributed by atoms with Crippen LogP contribution in [0, 0.1) is 0 Å². The van der Waals surface area contributed by atoms with Crippen LogP contribution in [0.1, 0.15) is 39.4 Å². The molecule has 2 heterocycles. The van der Waals surface area contributed by atoms with Gasteiger partial charge in [-0.05, 0) is 54.1 Å². The molecule has 0 radical (unpaired) electrons. The highest BCUT2D eigenvalue weighted by molar-refractivity contribution is 6.30. The maximum absolute atomic E-state index is 13.1. The first-order chi connectivity index (χ1) is 15.5. The first kappa shape index (κ1) is 20.2. The number of aromatic hydroxyl groups is 1. The molecule has 0 saturated heterocycles. The second kappa shape index (κ2) is 7.76. The molecular weight excluding hydrogens is 436 g/mol. The molecule has 3 aromatic rings. The predicted octanol–water partition coefficient (Wildman–Crippen LogP) is 4.45. The number of fused-ring (bicyclic) bond motifs is 2. The van der Waals surface area contributed by atoms with Gasteiger partial charge in [0.25, 0.3) is 0 Å². The van der Waals surface area contributed by atoms with E-state index < -0.39 is 11.9 Å². The number of methoxy groups -OCH3 is 1. The maximum Gasteiger partial charge on any atom is 0.312 e. The number of phenolic OH excluding ortho intramolecular Hbond substituents is 1. The van der Waals surface area contributed by atoms with Crippen molar-refractivity contribution in [2.45, 2.75) is 12.3 Å². The zero-order chi connectivity index (χ0) is 22.4. The van der Waals surface area contributed by atoms with E-state index in [4.69, 9.17) is 30.5 Å². The molecular formula is C24H17ClO7. The second-order valence-corrected chi connectivity index (χ2v) is 7.83. The Balaban J connectivity index is 1.63. The van der Waals surface area contributed by atoms with Gasteiger partial charge in [0.15, 0.2) is 17.3 Å². The molecule has 2 aliphatic heterocycles. The number of rotatable bonds is 4. The number of benzene rings is 3. The number of phenols is 1. The molecule has 162 valence electrons. The van der Waals surface area contributed by atoms with Gasteiger partial charge < -0.3 is 24.1 Å². The monoisotopic (exact) mass is 452 g/mol. The number of hydrogen-bond donors (Lipinski definition) is 1. The van der Waals surface area contributed by atoms with Crippen LogP contribution in [0.5, 0.6) is 28.7 Å². The Bertz CT molecular complexity index is 1250. The highest BCUT2D eigenvalue weighted by Gasteiger charge is 2.35. The molecule has 0 aliphatic carbocycles. The van der Waals surface area contributed by atoms with Crippen molar-refractivity contribution in [3.05, 3.63) is 75.8 Å². The highest BCUT2D eigenvalue weighted by Crippen LogP contribution is 2.49. The number of halogens is 1. The maximum atomic E-state index is 13.1. The van der Waals surface area contributed by atoms with Crippen LogP contribution in [0.15, 0.2) is 48.5 Å². The van der Waals surface area contributed by atoms with Gasteiger partial charge in [0.1, 0.15) is 11.5 Å². The summed E-state index contributed by atoms with van der Waals surface area (Å²) in [5.74, 6) is -0.0321. The van der Waals surface area contributed by atoms with Gasteiger partial charge in [-0.3, -0.25) is 9.59 Å². The van der Waals surface area contributed by atoms with Gasteiger partial charge in [-0.2, -0.15) is 0 Å². The highest BCUT2D eigenvalue weighted by atomic mass is 35.5. The van der Waals surface area contributed by atoms with Crippen LogP contribution < -0.4 is 18.9 Å². The lowest BCUT2D eigenvalue weighted by molar-refractivity contribution is -0.135. The van der Waals surface area contributed by atoms with Gasteiger partial charge in [0.2, 0.25) is 12.5 Å². The third-order valence-electron chi connectivity index (χ3n) is 5.55. The van der Waals surface area contributed by atoms with Crippen LogP contribution >= 0.6 is 11.6 Å². The molecule has 0 fully saturated rings. The number of hydrogen-bond acceptors (Lipinski definition) is 7. The number of carbonyl (C=O) groups is 2. The zero-order valence-electron chi connectivity index (χ0n) is 16.9. The molecule has 3 aromatic carbocycles. The van der Waals surface area contributed by atoms with E-state index in [9.17, 15) is 14.7 Å². The lowest BCUT2D eigenvalue weighted by Gasteiger charge is -2.27. The van der Waals surface area contributed by atoms with E-state index in [1.54, 1.807) is 36.4 Å². The third-order valence-corrected chi connectivity index (χ3v) is 5.81. The molecule has 8 heteroatoms. The summed E-state index contributed by atoms with van der Waals surface area (Å²) in [5, 5.41) is 11.6. The fourth-order valence-corrected chi connectivity index (χ4v) is 4.15. The van der Waals surface area contributed by atoms with E-state index in [1.807, 2.05) is 0 Å². The summed E-state index contributed by atoms with van der Waals surface area (Å²) in [6.07, 6.45) is -0.0258. The van der Waals surface area contributed by atoms with Crippen molar-refractivity contribution in [2.75, 3.05) is 13.9 Å². The summed E-state index contributed by atoms with van der Waals surface area (Å²) in [4.78, 5) is 25.4. The summed E-state index contributed by atoms with van der Waals surface area (Å²) in [5.41, 5.74) is 1.49. The van der Waals surface area contributed by atoms with Crippen molar-refractivity contribution in [1.29, 1.82) is 0 Å². The SMILES string of the molecule is COc1cc(C2CC(=O)Oc3ccc(C(=O)c4ccc(Cl)cc4)c(O)c32)cc2c1OCO2. The van der Waals surface area contributed by atoms with Crippen molar-refractivity contribution in [3.8, 4) is 28.7 Å².